The lowest BCUT2D eigenvalue weighted by Gasteiger charge is -2.27. The number of nitrogens with one attached hydrogen (secondary N) is 1. The molecule has 0 aliphatic carbocycles. The lowest BCUT2D eigenvalue weighted by Crippen LogP contribution is -2.35. The minimum atomic E-state index is -0.680. The summed E-state index contributed by atoms with van der Waals surface area (Å²) < 4.78 is 19.2. The first-order valence-electron chi connectivity index (χ1n) is 8.00. The standard InChI is InChI=1S/C18H16FN5O2/c19-12-1-2-13(11(7-12)10-24-3-5-26-6-4-24)16-14(8-20)17(22)23-18(25)15(16)9-21/h1-2,7H,3-6,10H2,(H3,22,23,25). The van der Waals surface area contributed by atoms with E-state index in [2.05, 4.69) is 9.88 Å². The summed E-state index contributed by atoms with van der Waals surface area (Å²) in [6.07, 6.45) is 0. The van der Waals surface area contributed by atoms with E-state index in [9.17, 15) is 19.7 Å². The zero-order valence-electron chi connectivity index (χ0n) is 13.9. The number of anilines is 1. The van der Waals surface area contributed by atoms with Gasteiger partial charge in [-0.2, -0.15) is 10.5 Å². The highest BCUT2D eigenvalue weighted by Crippen LogP contribution is 2.32. The average Bonchev–Trinajstić information content (AvgIpc) is 2.62. The number of nitrogens with two attached hydrogens (primary N) is 1. The highest BCUT2D eigenvalue weighted by atomic mass is 19.1. The van der Waals surface area contributed by atoms with Crippen LogP contribution in [0.5, 0.6) is 0 Å². The number of ether oxygens (including phenoxy) is 1. The van der Waals surface area contributed by atoms with E-state index in [0.717, 1.165) is 0 Å². The Labute approximate surface area is 149 Å². The first kappa shape index (κ1) is 17.6. The summed E-state index contributed by atoms with van der Waals surface area (Å²) in [4.78, 5) is 16.5. The van der Waals surface area contributed by atoms with E-state index < -0.39 is 11.4 Å². The van der Waals surface area contributed by atoms with Gasteiger partial charge in [-0.05, 0) is 23.3 Å². The number of hydrogen-bond acceptors (Lipinski definition) is 6. The van der Waals surface area contributed by atoms with Gasteiger partial charge < -0.3 is 15.5 Å². The van der Waals surface area contributed by atoms with Crippen molar-refractivity contribution in [2.45, 2.75) is 6.54 Å². The van der Waals surface area contributed by atoms with Crippen LogP contribution in [-0.4, -0.2) is 36.2 Å². The average molecular weight is 353 g/mol. The van der Waals surface area contributed by atoms with Gasteiger partial charge in [0.25, 0.3) is 5.56 Å². The van der Waals surface area contributed by atoms with Crippen molar-refractivity contribution in [3.05, 3.63) is 51.1 Å². The molecule has 0 saturated carbocycles. The summed E-state index contributed by atoms with van der Waals surface area (Å²) in [5.74, 6) is -0.556. The van der Waals surface area contributed by atoms with Crippen LogP contribution >= 0.6 is 0 Å². The number of aromatic amines is 1. The topological polar surface area (TPSA) is 119 Å². The van der Waals surface area contributed by atoms with Gasteiger partial charge in [-0.3, -0.25) is 9.69 Å². The van der Waals surface area contributed by atoms with E-state index in [4.69, 9.17) is 10.5 Å². The van der Waals surface area contributed by atoms with Crippen molar-refractivity contribution >= 4 is 5.82 Å². The molecule has 0 amide bonds. The van der Waals surface area contributed by atoms with Crippen LogP contribution in [-0.2, 0) is 11.3 Å². The van der Waals surface area contributed by atoms with Crippen molar-refractivity contribution in [3.8, 4) is 23.3 Å². The fourth-order valence-corrected chi connectivity index (χ4v) is 3.05. The van der Waals surface area contributed by atoms with Gasteiger partial charge in [-0.25, -0.2) is 4.39 Å². The lowest BCUT2D eigenvalue weighted by molar-refractivity contribution is 0.0342. The monoisotopic (exact) mass is 353 g/mol. The van der Waals surface area contributed by atoms with Crippen molar-refractivity contribution in [2.75, 3.05) is 32.0 Å². The third-order valence-electron chi connectivity index (χ3n) is 4.30. The Morgan fingerprint density at radius 3 is 2.58 bits per heavy atom. The van der Waals surface area contributed by atoms with E-state index in [1.54, 1.807) is 0 Å². The molecule has 0 unspecified atom stereocenters. The number of aromatic nitrogens is 1. The molecule has 8 heteroatoms. The maximum atomic E-state index is 13.9. The smallest absolute Gasteiger partial charge is 0.268 e. The molecule has 2 aromatic rings. The summed E-state index contributed by atoms with van der Waals surface area (Å²) in [6, 6.07) is 7.83. The Bertz CT molecular complexity index is 981. The first-order chi connectivity index (χ1) is 12.5. The van der Waals surface area contributed by atoms with Gasteiger partial charge in [-0.1, -0.05) is 6.07 Å². The summed E-state index contributed by atoms with van der Waals surface area (Å²) in [5.41, 5.74) is 6.03. The second-order valence-electron chi connectivity index (χ2n) is 5.91. The molecule has 0 radical (unpaired) electrons. The first-order valence-corrected chi connectivity index (χ1v) is 8.00. The minimum absolute atomic E-state index is 0.00372. The third-order valence-corrected chi connectivity index (χ3v) is 4.30. The number of morpholine rings is 1. The molecule has 3 rings (SSSR count). The van der Waals surface area contributed by atoms with Crippen molar-refractivity contribution in [2.24, 2.45) is 0 Å². The summed E-state index contributed by atoms with van der Waals surface area (Å²) >= 11 is 0. The van der Waals surface area contributed by atoms with Gasteiger partial charge in [-0.15, -0.1) is 0 Å². The molecule has 1 aliphatic heterocycles. The second-order valence-corrected chi connectivity index (χ2v) is 5.91. The van der Waals surface area contributed by atoms with Crippen LogP contribution in [0.3, 0.4) is 0 Å². The van der Waals surface area contributed by atoms with E-state index in [0.29, 0.717) is 44.0 Å². The van der Waals surface area contributed by atoms with Gasteiger partial charge in [0.1, 0.15) is 34.9 Å². The van der Waals surface area contributed by atoms with Crippen LogP contribution in [0.15, 0.2) is 23.0 Å². The molecule has 0 atom stereocenters. The number of nitrogen functional groups attached to an aromatic ring is 1. The van der Waals surface area contributed by atoms with Crippen LogP contribution in [0.25, 0.3) is 11.1 Å². The number of hydrogen-bond donors (Lipinski definition) is 2. The van der Waals surface area contributed by atoms with Crippen molar-refractivity contribution in [3.63, 3.8) is 0 Å². The fraction of sp³-hybridized carbons (Fsp3) is 0.278. The molecule has 3 N–H and O–H groups in total. The van der Waals surface area contributed by atoms with Crippen LogP contribution in [0.1, 0.15) is 16.7 Å². The van der Waals surface area contributed by atoms with Gasteiger partial charge in [0.2, 0.25) is 0 Å². The molecule has 1 aliphatic rings. The van der Waals surface area contributed by atoms with E-state index >= 15 is 0 Å². The Morgan fingerprint density at radius 2 is 1.92 bits per heavy atom. The summed E-state index contributed by atoms with van der Waals surface area (Å²) in [5, 5.41) is 18.9. The van der Waals surface area contributed by atoms with Crippen molar-refractivity contribution in [1.82, 2.24) is 9.88 Å². The molecule has 0 spiro atoms. The van der Waals surface area contributed by atoms with Crippen LogP contribution in [0.2, 0.25) is 0 Å². The minimum Gasteiger partial charge on any atom is -0.384 e. The van der Waals surface area contributed by atoms with E-state index in [1.807, 2.05) is 12.1 Å². The van der Waals surface area contributed by atoms with Gasteiger partial charge in [0.05, 0.1) is 13.2 Å². The molecule has 26 heavy (non-hydrogen) atoms. The Morgan fingerprint density at radius 1 is 1.23 bits per heavy atom. The molecule has 1 saturated heterocycles. The number of nitrogens with zero attached hydrogens (tertiary/aromatic N) is 3. The van der Waals surface area contributed by atoms with Gasteiger partial charge >= 0.3 is 0 Å². The van der Waals surface area contributed by atoms with Crippen molar-refractivity contribution < 1.29 is 9.13 Å². The molecule has 2 heterocycles. The summed E-state index contributed by atoms with van der Waals surface area (Å²) in [6.45, 7) is 2.93. The Kier molecular flexibility index (Phi) is 4.99. The highest BCUT2D eigenvalue weighted by molar-refractivity contribution is 5.81. The summed E-state index contributed by atoms with van der Waals surface area (Å²) in [7, 11) is 0. The van der Waals surface area contributed by atoms with Crippen molar-refractivity contribution in [1.29, 1.82) is 10.5 Å². The number of rotatable bonds is 3. The van der Waals surface area contributed by atoms with E-state index in [-0.39, 0.29) is 22.5 Å². The second kappa shape index (κ2) is 7.36. The quantitative estimate of drug-likeness (QED) is 0.859. The molecular formula is C18H16FN5O2. The molecule has 132 valence electrons. The molecule has 1 aromatic carbocycles. The lowest BCUT2D eigenvalue weighted by atomic mass is 9.92. The number of H-pyrrole nitrogens is 1. The normalized spacial score (nSPS) is 14.6. The van der Waals surface area contributed by atoms with Crippen LogP contribution in [0.4, 0.5) is 10.2 Å². The number of benzene rings is 1. The maximum absolute atomic E-state index is 13.9. The zero-order chi connectivity index (χ0) is 18.7. The Balaban J connectivity index is 2.20. The predicted octanol–water partition coefficient (Wildman–Crippen LogP) is 1.34. The zero-order valence-corrected chi connectivity index (χ0v) is 13.9. The molecule has 1 aromatic heterocycles. The third kappa shape index (κ3) is 3.29. The van der Waals surface area contributed by atoms with Gasteiger partial charge in [0.15, 0.2) is 0 Å². The SMILES string of the molecule is N#Cc1c(N)[nH]c(=O)c(C#N)c1-c1ccc(F)cc1CN1CCOCC1. The molecule has 1 fully saturated rings. The predicted molar refractivity (Wildman–Crippen MR) is 92.4 cm³/mol. The van der Waals surface area contributed by atoms with Gasteiger partial charge in [0, 0.05) is 25.2 Å². The van der Waals surface area contributed by atoms with E-state index in [1.165, 1.54) is 18.2 Å². The highest BCUT2D eigenvalue weighted by Gasteiger charge is 2.22. The van der Waals surface area contributed by atoms with Crippen LogP contribution in [0, 0.1) is 28.5 Å². The largest absolute Gasteiger partial charge is 0.384 e. The maximum Gasteiger partial charge on any atom is 0.268 e. The number of halogens is 1. The fourth-order valence-electron chi connectivity index (χ4n) is 3.05. The Hall–Kier alpha value is -3.20. The molecular weight excluding hydrogens is 337 g/mol. The number of pyridine rings is 1. The molecule has 0 bridgehead atoms. The molecule has 7 nitrogen and oxygen atoms in total. The van der Waals surface area contributed by atoms with Crippen LogP contribution < -0.4 is 11.3 Å². The number of nitriles is 2.